The molecule has 4 heterocycles. The molecule has 7 nitrogen and oxygen atoms in total. The third-order valence-electron chi connectivity index (χ3n) is 5.34. The highest BCUT2D eigenvalue weighted by Crippen LogP contribution is 2.30. The number of hydrogen-bond donors (Lipinski definition) is 0. The Morgan fingerprint density at radius 2 is 1.82 bits per heavy atom. The summed E-state index contributed by atoms with van der Waals surface area (Å²) < 4.78 is 2.58. The highest BCUT2D eigenvalue weighted by atomic mass is 79.9. The van der Waals surface area contributed by atoms with E-state index in [2.05, 4.69) is 70.0 Å². The fourth-order valence-electron chi connectivity index (χ4n) is 3.92. The molecule has 0 amide bonds. The van der Waals surface area contributed by atoms with Crippen molar-refractivity contribution >= 4 is 43.7 Å². The number of rotatable bonds is 3. The molecule has 0 N–H and O–H groups in total. The van der Waals surface area contributed by atoms with Crippen molar-refractivity contribution in [2.24, 2.45) is 7.05 Å². The molecular formula is C20H20BrN7. The van der Waals surface area contributed by atoms with Crippen molar-refractivity contribution in [3.05, 3.63) is 53.0 Å². The number of benzene rings is 1. The van der Waals surface area contributed by atoms with E-state index in [-0.39, 0.29) is 0 Å². The van der Waals surface area contributed by atoms with E-state index in [1.807, 2.05) is 19.3 Å². The molecule has 1 fully saturated rings. The van der Waals surface area contributed by atoms with Gasteiger partial charge in [0.1, 0.15) is 16.7 Å². The van der Waals surface area contributed by atoms with Gasteiger partial charge in [0.25, 0.3) is 0 Å². The minimum absolute atomic E-state index is 0.796. The Morgan fingerprint density at radius 3 is 2.68 bits per heavy atom. The number of nitrogens with zero attached hydrogens (tertiary/aromatic N) is 7. The van der Waals surface area contributed by atoms with E-state index in [4.69, 9.17) is 0 Å². The average Bonchev–Trinajstić information content (AvgIpc) is 3.03. The van der Waals surface area contributed by atoms with Gasteiger partial charge < -0.3 is 4.90 Å². The summed E-state index contributed by atoms with van der Waals surface area (Å²) in [4.78, 5) is 18.3. The van der Waals surface area contributed by atoms with Crippen LogP contribution in [0, 0.1) is 0 Å². The predicted octanol–water partition coefficient (Wildman–Crippen LogP) is 3.00. The Labute approximate surface area is 171 Å². The summed E-state index contributed by atoms with van der Waals surface area (Å²) in [6, 6.07) is 10.5. The third kappa shape index (κ3) is 3.02. The molecule has 1 aliphatic heterocycles. The number of pyridine rings is 1. The lowest BCUT2D eigenvalue weighted by atomic mass is 10.1. The van der Waals surface area contributed by atoms with E-state index in [0.29, 0.717) is 0 Å². The minimum atomic E-state index is 0.796. The van der Waals surface area contributed by atoms with Crippen LogP contribution in [-0.2, 0) is 13.6 Å². The SMILES string of the molecule is Cn1nc(Br)c2c(N3CCN(Cc4cccc5cccnc45)CC3)ncnc21. The standard InChI is InChI=1S/C20H20BrN7/c1-26-19-16(18(21)25-26)20(24-13-23-19)28-10-8-27(9-11-28)12-15-5-2-4-14-6-3-7-22-17(14)15/h2-7,13H,8-12H2,1H3. The maximum atomic E-state index is 4.59. The lowest BCUT2D eigenvalue weighted by Gasteiger charge is -2.35. The van der Waals surface area contributed by atoms with Crippen molar-refractivity contribution in [3.8, 4) is 0 Å². The van der Waals surface area contributed by atoms with Gasteiger partial charge in [-0.3, -0.25) is 9.88 Å². The summed E-state index contributed by atoms with van der Waals surface area (Å²) >= 11 is 3.56. The largest absolute Gasteiger partial charge is 0.353 e. The van der Waals surface area contributed by atoms with Crippen LogP contribution in [-0.4, -0.2) is 55.8 Å². The van der Waals surface area contributed by atoms with Gasteiger partial charge in [0.05, 0.1) is 10.9 Å². The smallest absolute Gasteiger partial charge is 0.164 e. The van der Waals surface area contributed by atoms with Gasteiger partial charge in [-0.2, -0.15) is 5.10 Å². The lowest BCUT2D eigenvalue weighted by Crippen LogP contribution is -2.46. The van der Waals surface area contributed by atoms with Gasteiger partial charge in [-0.15, -0.1) is 0 Å². The summed E-state index contributed by atoms with van der Waals surface area (Å²) in [5, 5.41) is 6.61. The molecule has 0 saturated carbocycles. The van der Waals surface area contributed by atoms with Crippen LogP contribution in [0.25, 0.3) is 21.9 Å². The lowest BCUT2D eigenvalue weighted by molar-refractivity contribution is 0.250. The fourth-order valence-corrected chi connectivity index (χ4v) is 4.51. The van der Waals surface area contributed by atoms with Crippen LogP contribution >= 0.6 is 15.9 Å². The van der Waals surface area contributed by atoms with Gasteiger partial charge in [0.15, 0.2) is 5.65 Å². The number of halogens is 1. The van der Waals surface area contributed by atoms with Crippen molar-refractivity contribution < 1.29 is 0 Å². The van der Waals surface area contributed by atoms with E-state index >= 15 is 0 Å². The summed E-state index contributed by atoms with van der Waals surface area (Å²) in [6.07, 6.45) is 3.50. The zero-order valence-corrected chi connectivity index (χ0v) is 17.2. The third-order valence-corrected chi connectivity index (χ3v) is 5.90. The van der Waals surface area contributed by atoms with Crippen LogP contribution in [0.2, 0.25) is 0 Å². The van der Waals surface area contributed by atoms with Crippen molar-refractivity contribution in [1.29, 1.82) is 0 Å². The topological polar surface area (TPSA) is 63.0 Å². The summed E-state index contributed by atoms with van der Waals surface area (Å²) in [5.74, 6) is 0.955. The Hall–Kier alpha value is -2.58. The van der Waals surface area contributed by atoms with E-state index in [1.165, 1.54) is 10.9 Å². The van der Waals surface area contributed by atoms with E-state index < -0.39 is 0 Å². The second-order valence-electron chi connectivity index (χ2n) is 7.07. The van der Waals surface area contributed by atoms with Crippen LogP contribution in [0.1, 0.15) is 5.56 Å². The highest BCUT2D eigenvalue weighted by Gasteiger charge is 2.23. The molecule has 142 valence electrons. The molecule has 1 aromatic carbocycles. The molecule has 4 aromatic rings. The van der Waals surface area contributed by atoms with Crippen molar-refractivity contribution in [2.45, 2.75) is 6.54 Å². The molecule has 5 rings (SSSR count). The second-order valence-corrected chi connectivity index (χ2v) is 7.82. The quantitative estimate of drug-likeness (QED) is 0.490. The second kappa shape index (κ2) is 7.10. The molecule has 3 aromatic heterocycles. The molecule has 28 heavy (non-hydrogen) atoms. The highest BCUT2D eigenvalue weighted by molar-refractivity contribution is 9.10. The Kier molecular flexibility index (Phi) is 4.44. The van der Waals surface area contributed by atoms with E-state index in [1.54, 1.807) is 11.0 Å². The maximum Gasteiger partial charge on any atom is 0.164 e. The fraction of sp³-hybridized carbons (Fsp3) is 0.300. The van der Waals surface area contributed by atoms with Crippen LogP contribution in [0.15, 0.2) is 47.5 Å². The first-order valence-electron chi connectivity index (χ1n) is 9.34. The van der Waals surface area contributed by atoms with Gasteiger partial charge in [-0.1, -0.05) is 24.3 Å². The first-order valence-corrected chi connectivity index (χ1v) is 10.1. The van der Waals surface area contributed by atoms with Gasteiger partial charge in [0.2, 0.25) is 0 Å². The molecule has 0 aliphatic carbocycles. The van der Waals surface area contributed by atoms with Crippen LogP contribution < -0.4 is 4.90 Å². The Balaban J connectivity index is 1.34. The number of fused-ring (bicyclic) bond motifs is 2. The normalized spacial score (nSPS) is 15.6. The molecule has 1 aliphatic rings. The first-order chi connectivity index (χ1) is 13.7. The number of anilines is 1. The molecule has 0 unspecified atom stereocenters. The molecule has 1 saturated heterocycles. The summed E-state index contributed by atoms with van der Waals surface area (Å²) in [5.41, 5.74) is 3.23. The molecule has 0 bridgehead atoms. The number of aromatic nitrogens is 5. The van der Waals surface area contributed by atoms with Gasteiger partial charge in [0, 0.05) is 51.4 Å². The maximum absolute atomic E-state index is 4.59. The van der Waals surface area contributed by atoms with Crippen molar-refractivity contribution in [1.82, 2.24) is 29.6 Å². The number of aryl methyl sites for hydroxylation is 1. The van der Waals surface area contributed by atoms with Crippen LogP contribution in [0.4, 0.5) is 5.82 Å². The van der Waals surface area contributed by atoms with Gasteiger partial charge >= 0.3 is 0 Å². The zero-order valence-electron chi connectivity index (χ0n) is 15.6. The van der Waals surface area contributed by atoms with E-state index in [0.717, 1.165) is 59.7 Å². The van der Waals surface area contributed by atoms with Crippen LogP contribution in [0.3, 0.4) is 0 Å². The zero-order chi connectivity index (χ0) is 19.1. The monoisotopic (exact) mass is 437 g/mol. The molecule has 0 spiro atoms. The molecule has 8 heteroatoms. The van der Waals surface area contributed by atoms with E-state index in [9.17, 15) is 0 Å². The molecule has 0 atom stereocenters. The Bertz CT molecular complexity index is 1140. The molecule has 0 radical (unpaired) electrons. The molecular weight excluding hydrogens is 418 g/mol. The first kappa shape index (κ1) is 17.5. The van der Waals surface area contributed by atoms with Gasteiger partial charge in [-0.05, 0) is 27.6 Å². The number of para-hydroxylation sites is 1. The number of hydrogen-bond acceptors (Lipinski definition) is 6. The minimum Gasteiger partial charge on any atom is -0.353 e. The van der Waals surface area contributed by atoms with Crippen LogP contribution in [0.5, 0.6) is 0 Å². The summed E-state index contributed by atoms with van der Waals surface area (Å²) in [6.45, 7) is 4.72. The Morgan fingerprint density at radius 1 is 1.00 bits per heavy atom. The predicted molar refractivity (Wildman–Crippen MR) is 113 cm³/mol. The summed E-state index contributed by atoms with van der Waals surface area (Å²) in [7, 11) is 1.90. The van der Waals surface area contributed by atoms with Crippen molar-refractivity contribution in [2.75, 3.05) is 31.1 Å². The average molecular weight is 438 g/mol. The number of piperazine rings is 1. The van der Waals surface area contributed by atoms with Crippen molar-refractivity contribution in [3.63, 3.8) is 0 Å². The van der Waals surface area contributed by atoms with Gasteiger partial charge in [-0.25, -0.2) is 14.6 Å².